The topological polar surface area (TPSA) is 96.9 Å². The second-order valence-corrected chi connectivity index (χ2v) is 2.67. The summed E-state index contributed by atoms with van der Waals surface area (Å²) in [4.78, 5) is 36.7. The highest BCUT2D eigenvalue weighted by Gasteiger charge is 2.23. The van der Waals surface area contributed by atoms with Crippen LogP contribution in [0.4, 0.5) is 0 Å². The van der Waals surface area contributed by atoms with Crippen LogP contribution in [-0.2, 0) is 4.74 Å². The Balaban J connectivity index is 2.62. The zero-order chi connectivity index (χ0) is 9.42. The fourth-order valence-electron chi connectivity index (χ4n) is 1.13. The van der Waals surface area contributed by atoms with Crippen molar-refractivity contribution in [2.24, 2.45) is 0 Å². The predicted molar refractivity (Wildman–Crippen MR) is 41.5 cm³/mol. The number of hydrogen-bond acceptors (Lipinski definition) is 4. The Morgan fingerprint density at radius 1 is 1.23 bits per heavy atom. The Hall–Kier alpha value is -1.63. The fraction of sp³-hybridized carbons (Fsp3) is 0.500. The van der Waals surface area contributed by atoms with Gasteiger partial charge >= 0.3 is 17.1 Å². The number of H-pyrrole nitrogens is 2. The standard InChI is InChI=1S/C6H7N3O4/c10-4-7-5(11)9(6(12)8-4)3-1-2-13-3/h3H,1-2H2,(H2,7,8,10,11,12). The number of aromatic nitrogens is 3. The molecule has 0 radical (unpaired) electrons. The first kappa shape index (κ1) is 7.99. The van der Waals surface area contributed by atoms with Crippen LogP contribution in [0.5, 0.6) is 0 Å². The van der Waals surface area contributed by atoms with E-state index in [1.54, 1.807) is 0 Å². The van der Waals surface area contributed by atoms with Crippen molar-refractivity contribution in [1.82, 2.24) is 14.5 Å². The molecule has 0 aromatic carbocycles. The van der Waals surface area contributed by atoms with Crippen molar-refractivity contribution in [2.45, 2.75) is 12.6 Å². The Morgan fingerprint density at radius 2 is 1.77 bits per heavy atom. The molecule has 2 rings (SSSR count). The second kappa shape index (κ2) is 2.70. The van der Waals surface area contributed by atoms with Crippen molar-refractivity contribution in [3.05, 3.63) is 31.5 Å². The average molecular weight is 185 g/mol. The molecule has 1 aromatic heterocycles. The van der Waals surface area contributed by atoms with E-state index in [0.29, 0.717) is 13.0 Å². The summed E-state index contributed by atoms with van der Waals surface area (Å²) in [5, 5.41) is 0. The first-order valence-corrected chi connectivity index (χ1v) is 3.75. The predicted octanol–water partition coefficient (Wildman–Crippen LogP) is -1.86. The Bertz CT molecular complexity index is 443. The highest BCUT2D eigenvalue weighted by Crippen LogP contribution is 2.18. The molecule has 7 nitrogen and oxygen atoms in total. The highest BCUT2D eigenvalue weighted by atomic mass is 16.5. The third-order valence-corrected chi connectivity index (χ3v) is 1.84. The molecule has 2 N–H and O–H groups in total. The largest absolute Gasteiger partial charge is 0.357 e. The van der Waals surface area contributed by atoms with Crippen molar-refractivity contribution in [3.63, 3.8) is 0 Å². The van der Waals surface area contributed by atoms with Gasteiger partial charge in [-0.3, -0.25) is 9.97 Å². The van der Waals surface area contributed by atoms with Crippen LogP contribution in [-0.4, -0.2) is 21.1 Å². The van der Waals surface area contributed by atoms with E-state index in [-0.39, 0.29) is 0 Å². The maximum absolute atomic E-state index is 11.1. The number of aromatic amines is 2. The van der Waals surface area contributed by atoms with Gasteiger partial charge in [0, 0.05) is 6.42 Å². The quantitative estimate of drug-likeness (QED) is 0.536. The molecule has 1 aliphatic heterocycles. The van der Waals surface area contributed by atoms with Gasteiger partial charge in [-0.1, -0.05) is 0 Å². The molecule has 2 heterocycles. The summed E-state index contributed by atoms with van der Waals surface area (Å²) in [7, 11) is 0. The van der Waals surface area contributed by atoms with Crippen molar-refractivity contribution in [1.29, 1.82) is 0 Å². The third-order valence-electron chi connectivity index (χ3n) is 1.84. The molecule has 13 heavy (non-hydrogen) atoms. The van der Waals surface area contributed by atoms with Gasteiger partial charge in [-0.2, -0.15) is 0 Å². The van der Waals surface area contributed by atoms with E-state index in [9.17, 15) is 14.4 Å². The minimum absolute atomic E-state index is 0.523. The zero-order valence-electron chi connectivity index (χ0n) is 6.57. The van der Waals surface area contributed by atoms with E-state index in [1.165, 1.54) is 0 Å². The van der Waals surface area contributed by atoms with Crippen LogP contribution in [0, 0.1) is 0 Å². The van der Waals surface area contributed by atoms with Gasteiger partial charge in [0.2, 0.25) is 0 Å². The molecule has 0 saturated carbocycles. The summed E-state index contributed by atoms with van der Waals surface area (Å²) in [6.07, 6.45) is 0.0720. The average Bonchev–Trinajstić information content (AvgIpc) is 1.92. The molecule has 0 amide bonds. The van der Waals surface area contributed by atoms with Gasteiger partial charge in [-0.25, -0.2) is 19.0 Å². The van der Waals surface area contributed by atoms with Crippen LogP contribution in [0.3, 0.4) is 0 Å². The van der Waals surface area contributed by atoms with Crippen molar-refractivity contribution < 1.29 is 4.74 Å². The van der Waals surface area contributed by atoms with E-state index in [4.69, 9.17) is 4.74 Å². The molecule has 1 aliphatic rings. The summed E-state index contributed by atoms with van der Waals surface area (Å²) in [5.41, 5.74) is -2.28. The summed E-state index contributed by atoms with van der Waals surface area (Å²) in [6.45, 7) is 0.523. The van der Waals surface area contributed by atoms with E-state index < -0.39 is 23.3 Å². The Labute approximate surface area is 71.0 Å². The van der Waals surface area contributed by atoms with Crippen LogP contribution >= 0.6 is 0 Å². The van der Waals surface area contributed by atoms with Crippen molar-refractivity contribution in [3.8, 4) is 0 Å². The molecule has 70 valence electrons. The third kappa shape index (κ3) is 1.22. The smallest absolute Gasteiger partial charge is 0.335 e. The van der Waals surface area contributed by atoms with Crippen LogP contribution < -0.4 is 17.1 Å². The first-order valence-electron chi connectivity index (χ1n) is 3.75. The summed E-state index contributed by atoms with van der Waals surface area (Å²) in [5.74, 6) is 0. The zero-order valence-corrected chi connectivity index (χ0v) is 6.57. The molecule has 0 bridgehead atoms. The number of rotatable bonds is 1. The molecule has 7 heteroatoms. The number of hydrogen-bond donors (Lipinski definition) is 2. The Kier molecular flexibility index (Phi) is 1.66. The van der Waals surface area contributed by atoms with Crippen LogP contribution in [0.1, 0.15) is 12.6 Å². The van der Waals surface area contributed by atoms with Crippen LogP contribution in [0.15, 0.2) is 14.4 Å². The van der Waals surface area contributed by atoms with Crippen LogP contribution in [0.2, 0.25) is 0 Å². The molecule has 1 aromatic rings. The molecule has 1 fully saturated rings. The van der Waals surface area contributed by atoms with Gasteiger partial charge in [0.15, 0.2) is 0 Å². The normalized spacial score (nSPS) is 21.1. The molecular weight excluding hydrogens is 178 g/mol. The lowest BCUT2D eigenvalue weighted by Crippen LogP contribution is -2.48. The second-order valence-electron chi connectivity index (χ2n) is 2.67. The monoisotopic (exact) mass is 185 g/mol. The van der Waals surface area contributed by atoms with Gasteiger partial charge in [0.1, 0.15) is 6.23 Å². The summed E-state index contributed by atoms with van der Waals surface area (Å²) >= 11 is 0. The Morgan fingerprint density at radius 3 is 2.15 bits per heavy atom. The molecule has 1 saturated heterocycles. The summed E-state index contributed by atoms with van der Waals surface area (Å²) in [6, 6.07) is 0. The number of nitrogens with one attached hydrogen (secondary N) is 2. The van der Waals surface area contributed by atoms with Crippen LogP contribution in [0.25, 0.3) is 0 Å². The summed E-state index contributed by atoms with van der Waals surface area (Å²) < 4.78 is 5.79. The van der Waals surface area contributed by atoms with E-state index in [1.807, 2.05) is 9.97 Å². The SMILES string of the molecule is O=c1[nH]c(=O)n(C2CCO2)c(=O)[nH]1. The van der Waals surface area contributed by atoms with Gasteiger partial charge < -0.3 is 4.74 Å². The van der Waals surface area contributed by atoms with E-state index >= 15 is 0 Å². The molecular formula is C6H7N3O4. The molecule has 0 aliphatic carbocycles. The fourth-order valence-corrected chi connectivity index (χ4v) is 1.13. The lowest BCUT2D eigenvalue weighted by molar-refractivity contribution is -0.105. The number of ether oxygens (including phenoxy) is 1. The minimum atomic E-state index is -0.800. The minimum Gasteiger partial charge on any atom is -0.357 e. The van der Waals surface area contributed by atoms with Gasteiger partial charge in [0.05, 0.1) is 6.61 Å². The van der Waals surface area contributed by atoms with Gasteiger partial charge in [-0.05, 0) is 0 Å². The lowest BCUT2D eigenvalue weighted by Gasteiger charge is -2.26. The van der Waals surface area contributed by atoms with Gasteiger partial charge in [0.25, 0.3) is 0 Å². The maximum Gasteiger partial charge on any atom is 0.335 e. The first-order chi connectivity index (χ1) is 6.18. The molecule has 0 spiro atoms. The van der Waals surface area contributed by atoms with Gasteiger partial charge in [-0.15, -0.1) is 0 Å². The van der Waals surface area contributed by atoms with E-state index in [0.717, 1.165) is 4.57 Å². The number of nitrogens with zero attached hydrogens (tertiary/aromatic N) is 1. The lowest BCUT2D eigenvalue weighted by atomic mass is 10.3. The molecule has 1 unspecified atom stereocenters. The van der Waals surface area contributed by atoms with E-state index in [2.05, 4.69) is 0 Å². The van der Waals surface area contributed by atoms with Crippen molar-refractivity contribution >= 4 is 0 Å². The maximum atomic E-state index is 11.1. The molecule has 1 atom stereocenters. The van der Waals surface area contributed by atoms with Crippen molar-refractivity contribution in [2.75, 3.05) is 6.61 Å². The highest BCUT2D eigenvalue weighted by molar-refractivity contribution is 4.75.